The van der Waals surface area contributed by atoms with E-state index in [0.29, 0.717) is 28.5 Å². The van der Waals surface area contributed by atoms with E-state index < -0.39 is 0 Å². The number of pyridine rings is 1. The minimum Gasteiger partial charge on any atom is -0.454 e. The lowest BCUT2D eigenvalue weighted by Crippen LogP contribution is -2.15. The van der Waals surface area contributed by atoms with Crippen LogP contribution in [0.4, 0.5) is 5.69 Å². The normalized spacial score (nSPS) is 15.3. The number of fused-ring (bicyclic) bond motifs is 3. The number of para-hydroxylation sites is 1. The van der Waals surface area contributed by atoms with Gasteiger partial charge in [0, 0.05) is 17.0 Å². The maximum atomic E-state index is 12.5. The van der Waals surface area contributed by atoms with Gasteiger partial charge in [0.25, 0.3) is 0 Å². The summed E-state index contributed by atoms with van der Waals surface area (Å²) in [6.07, 6.45) is 0.234. The second-order valence-electron chi connectivity index (χ2n) is 5.77. The number of ketones is 1. The Hall–Kier alpha value is -3.21. The number of Topliss-reactive ketones (excluding diaryl/α,β-unsaturated/α-hetero) is 1. The van der Waals surface area contributed by atoms with Crippen molar-refractivity contribution in [3.05, 3.63) is 59.8 Å². The molecule has 116 valence electrons. The average Bonchev–Trinajstić information content (AvgIpc) is 3.07. The maximum Gasteiger partial charge on any atom is 0.231 e. The summed E-state index contributed by atoms with van der Waals surface area (Å²) < 4.78 is 10.7. The Morgan fingerprint density at radius 2 is 1.79 bits per heavy atom. The van der Waals surface area contributed by atoms with E-state index in [-0.39, 0.29) is 19.0 Å². The summed E-state index contributed by atoms with van der Waals surface area (Å²) in [5.74, 6) is 1.24. The zero-order chi connectivity index (χ0) is 16.1. The van der Waals surface area contributed by atoms with Crippen LogP contribution < -0.4 is 9.47 Å². The van der Waals surface area contributed by atoms with Crippen LogP contribution in [0.2, 0.25) is 0 Å². The number of hydrogen-bond acceptors (Lipinski definition) is 5. The van der Waals surface area contributed by atoms with Gasteiger partial charge in [0.15, 0.2) is 17.3 Å². The highest BCUT2D eigenvalue weighted by Crippen LogP contribution is 2.40. The predicted molar refractivity (Wildman–Crippen MR) is 89.5 cm³/mol. The van der Waals surface area contributed by atoms with E-state index in [4.69, 9.17) is 9.47 Å². The molecule has 0 spiro atoms. The Morgan fingerprint density at radius 1 is 0.958 bits per heavy atom. The molecule has 0 radical (unpaired) electrons. The largest absolute Gasteiger partial charge is 0.454 e. The van der Waals surface area contributed by atoms with E-state index in [2.05, 4.69) is 9.98 Å². The molecule has 0 atom stereocenters. The Kier molecular flexibility index (Phi) is 2.70. The second kappa shape index (κ2) is 4.89. The predicted octanol–water partition coefficient (Wildman–Crippen LogP) is 3.67. The highest BCUT2D eigenvalue weighted by Gasteiger charge is 2.26. The van der Waals surface area contributed by atoms with Crippen molar-refractivity contribution >= 4 is 28.1 Å². The number of ether oxygens (including phenoxy) is 2. The Labute approximate surface area is 137 Å². The van der Waals surface area contributed by atoms with Gasteiger partial charge in [0.05, 0.1) is 29.0 Å². The first-order valence-corrected chi connectivity index (χ1v) is 7.68. The van der Waals surface area contributed by atoms with Crippen molar-refractivity contribution in [1.29, 1.82) is 0 Å². The first-order chi connectivity index (χ1) is 11.8. The molecule has 1 aromatic heterocycles. The molecular formula is C19H12N2O3. The number of hydrogen-bond donors (Lipinski definition) is 0. The van der Waals surface area contributed by atoms with Gasteiger partial charge in [-0.1, -0.05) is 24.3 Å². The van der Waals surface area contributed by atoms with Gasteiger partial charge in [0.1, 0.15) is 0 Å². The van der Waals surface area contributed by atoms with E-state index >= 15 is 0 Å². The van der Waals surface area contributed by atoms with Gasteiger partial charge < -0.3 is 9.47 Å². The van der Waals surface area contributed by atoms with Crippen molar-refractivity contribution in [1.82, 2.24) is 4.98 Å². The summed E-state index contributed by atoms with van der Waals surface area (Å²) >= 11 is 0. The molecular weight excluding hydrogens is 304 g/mol. The number of benzene rings is 2. The Morgan fingerprint density at radius 3 is 2.71 bits per heavy atom. The summed E-state index contributed by atoms with van der Waals surface area (Å²) in [6.45, 7) is 0.176. The lowest BCUT2D eigenvalue weighted by atomic mass is 9.97. The molecule has 2 aromatic carbocycles. The van der Waals surface area contributed by atoms with Crippen LogP contribution in [0, 0.1) is 0 Å². The smallest absolute Gasteiger partial charge is 0.231 e. The molecule has 0 bridgehead atoms. The van der Waals surface area contributed by atoms with Crippen molar-refractivity contribution in [3.8, 4) is 11.5 Å². The van der Waals surface area contributed by atoms with Crippen molar-refractivity contribution in [3.63, 3.8) is 0 Å². The van der Waals surface area contributed by atoms with Gasteiger partial charge >= 0.3 is 0 Å². The molecule has 0 unspecified atom stereocenters. The van der Waals surface area contributed by atoms with Crippen LogP contribution in [0.1, 0.15) is 22.5 Å². The van der Waals surface area contributed by atoms with Gasteiger partial charge in [-0.3, -0.25) is 4.79 Å². The zero-order valence-electron chi connectivity index (χ0n) is 12.7. The zero-order valence-corrected chi connectivity index (χ0v) is 12.7. The van der Waals surface area contributed by atoms with E-state index in [0.717, 1.165) is 16.6 Å². The van der Waals surface area contributed by atoms with Crippen LogP contribution >= 0.6 is 0 Å². The fraction of sp³-hybridized carbons (Fsp3) is 0.105. The third-order valence-corrected chi connectivity index (χ3v) is 4.27. The quantitative estimate of drug-likeness (QED) is 0.687. The minimum atomic E-state index is 0.0169. The van der Waals surface area contributed by atoms with Gasteiger partial charge in [-0.2, -0.15) is 0 Å². The first kappa shape index (κ1) is 13.2. The highest BCUT2D eigenvalue weighted by molar-refractivity contribution is 6.20. The first-order valence-electron chi connectivity index (χ1n) is 7.68. The van der Waals surface area contributed by atoms with E-state index in [1.54, 1.807) is 12.1 Å². The molecule has 0 saturated carbocycles. The molecule has 0 amide bonds. The van der Waals surface area contributed by atoms with E-state index in [9.17, 15) is 4.79 Å². The number of aliphatic imine (C=N–C) groups is 1. The highest BCUT2D eigenvalue weighted by atomic mass is 16.7. The summed E-state index contributed by atoms with van der Waals surface area (Å²) in [5.41, 5.74) is 3.48. The number of nitrogens with zero attached hydrogens (tertiary/aromatic N) is 2. The van der Waals surface area contributed by atoms with Gasteiger partial charge in [0.2, 0.25) is 6.79 Å². The van der Waals surface area contributed by atoms with Crippen molar-refractivity contribution in [2.45, 2.75) is 6.42 Å². The monoisotopic (exact) mass is 316 g/mol. The topological polar surface area (TPSA) is 60.8 Å². The molecule has 2 aliphatic heterocycles. The third kappa shape index (κ3) is 1.98. The molecule has 5 rings (SSSR count). The molecule has 3 heterocycles. The fourth-order valence-electron chi connectivity index (χ4n) is 3.05. The second-order valence-corrected chi connectivity index (χ2v) is 5.77. The Bertz CT molecular complexity index is 1040. The number of carbonyl (C=O) groups is 1. The Balaban J connectivity index is 1.64. The van der Waals surface area contributed by atoms with Crippen LogP contribution in [0.15, 0.2) is 53.5 Å². The molecule has 0 fully saturated rings. The molecule has 2 aliphatic rings. The fourth-order valence-corrected chi connectivity index (χ4v) is 3.05. The van der Waals surface area contributed by atoms with E-state index in [1.807, 2.05) is 36.4 Å². The number of aromatic nitrogens is 1. The summed E-state index contributed by atoms with van der Waals surface area (Å²) in [7, 11) is 0. The lowest BCUT2D eigenvalue weighted by molar-refractivity contribution is 0.0999. The van der Waals surface area contributed by atoms with Crippen LogP contribution in [0.3, 0.4) is 0 Å². The molecule has 3 aromatic rings. The summed E-state index contributed by atoms with van der Waals surface area (Å²) in [4.78, 5) is 21.8. The summed E-state index contributed by atoms with van der Waals surface area (Å²) in [5, 5.41) is 1.06. The van der Waals surface area contributed by atoms with Crippen molar-refractivity contribution < 1.29 is 14.3 Å². The molecule has 0 saturated heterocycles. The SMILES string of the molecule is O=C1CC(c2ccc3ccccc3n2)=Nc2cc3c(cc21)OCO3. The number of rotatable bonds is 1. The van der Waals surface area contributed by atoms with Crippen LogP contribution in [-0.2, 0) is 0 Å². The van der Waals surface area contributed by atoms with Crippen LogP contribution in [0.5, 0.6) is 11.5 Å². The standard InChI is InChI=1S/C19H12N2O3/c22-17-8-16(14-6-5-11-3-1-2-4-13(11)20-14)21-15-9-19-18(7-12(15)17)23-10-24-19/h1-7,9H,8,10H2. The molecule has 5 nitrogen and oxygen atoms in total. The molecule has 24 heavy (non-hydrogen) atoms. The van der Waals surface area contributed by atoms with Crippen molar-refractivity contribution in [2.24, 2.45) is 4.99 Å². The maximum absolute atomic E-state index is 12.5. The van der Waals surface area contributed by atoms with E-state index in [1.165, 1.54) is 0 Å². The number of carbonyl (C=O) groups excluding carboxylic acids is 1. The van der Waals surface area contributed by atoms with Crippen LogP contribution in [0.25, 0.3) is 10.9 Å². The van der Waals surface area contributed by atoms with Gasteiger partial charge in [-0.05, 0) is 18.2 Å². The lowest BCUT2D eigenvalue weighted by Gasteiger charge is -2.15. The molecule has 5 heteroatoms. The van der Waals surface area contributed by atoms with Crippen LogP contribution in [-0.4, -0.2) is 23.3 Å². The summed E-state index contributed by atoms with van der Waals surface area (Å²) in [6, 6.07) is 15.3. The molecule has 0 aliphatic carbocycles. The van der Waals surface area contributed by atoms with Gasteiger partial charge in [-0.25, -0.2) is 9.98 Å². The van der Waals surface area contributed by atoms with Gasteiger partial charge in [-0.15, -0.1) is 0 Å². The average molecular weight is 316 g/mol. The minimum absolute atomic E-state index is 0.0169. The van der Waals surface area contributed by atoms with Crippen molar-refractivity contribution in [2.75, 3.05) is 6.79 Å². The third-order valence-electron chi connectivity index (χ3n) is 4.27. The molecule has 0 N–H and O–H groups in total.